The average molecular weight is 262 g/mol. The van der Waals surface area contributed by atoms with E-state index in [4.69, 9.17) is 15.0 Å². The highest BCUT2D eigenvalue weighted by Gasteiger charge is 2.24. The maximum Gasteiger partial charge on any atom is 0.118 e. The fourth-order valence-electron chi connectivity index (χ4n) is 2.13. The molecule has 2 atom stereocenters. The molecule has 6 nitrogen and oxygen atoms in total. The summed E-state index contributed by atoms with van der Waals surface area (Å²) in [7, 11) is 1.65. The first-order valence-electron chi connectivity index (χ1n) is 6.31. The van der Waals surface area contributed by atoms with Gasteiger partial charge in [0, 0.05) is 24.1 Å². The molecule has 6 heteroatoms. The summed E-state index contributed by atoms with van der Waals surface area (Å²) in [5.41, 5.74) is 9.71. The van der Waals surface area contributed by atoms with Crippen molar-refractivity contribution in [1.82, 2.24) is 5.32 Å². The van der Waals surface area contributed by atoms with Crippen LogP contribution in [0.25, 0.3) is 10.4 Å². The minimum atomic E-state index is -0.128. The molecule has 2 rings (SSSR count). The van der Waals surface area contributed by atoms with Crippen molar-refractivity contribution in [1.29, 1.82) is 0 Å². The molecule has 1 aromatic carbocycles. The molecule has 1 aliphatic rings. The molecule has 1 aliphatic heterocycles. The minimum Gasteiger partial charge on any atom is -0.497 e. The number of nitrogens with zero attached hydrogens (tertiary/aromatic N) is 3. The van der Waals surface area contributed by atoms with E-state index in [2.05, 4.69) is 15.3 Å². The molecule has 0 amide bonds. The Balaban J connectivity index is 1.90. The zero-order valence-electron chi connectivity index (χ0n) is 11.0. The number of hydrogen-bond acceptors (Lipinski definition) is 4. The van der Waals surface area contributed by atoms with Crippen molar-refractivity contribution >= 4 is 0 Å². The highest BCUT2D eigenvalue weighted by Crippen LogP contribution is 2.14. The molecular formula is C13H18N4O2. The van der Waals surface area contributed by atoms with Crippen molar-refractivity contribution in [2.75, 3.05) is 20.3 Å². The predicted octanol–water partition coefficient (Wildman–Crippen LogP) is 2.25. The maximum absolute atomic E-state index is 8.54. The van der Waals surface area contributed by atoms with E-state index in [1.54, 1.807) is 7.11 Å². The van der Waals surface area contributed by atoms with Gasteiger partial charge >= 0.3 is 0 Å². The predicted molar refractivity (Wildman–Crippen MR) is 72.0 cm³/mol. The summed E-state index contributed by atoms with van der Waals surface area (Å²) in [5.74, 6) is 0.849. The Morgan fingerprint density at radius 2 is 2.26 bits per heavy atom. The zero-order chi connectivity index (χ0) is 13.5. The summed E-state index contributed by atoms with van der Waals surface area (Å²) in [4.78, 5) is 2.88. The van der Waals surface area contributed by atoms with E-state index < -0.39 is 0 Å². The van der Waals surface area contributed by atoms with Crippen LogP contribution in [0, 0.1) is 0 Å². The molecule has 1 heterocycles. The van der Waals surface area contributed by atoms with Crippen LogP contribution in [0.1, 0.15) is 12.0 Å². The van der Waals surface area contributed by atoms with Gasteiger partial charge in [0.05, 0.1) is 19.8 Å². The van der Waals surface area contributed by atoms with Crippen LogP contribution in [0.2, 0.25) is 0 Å². The molecule has 0 saturated carbocycles. The van der Waals surface area contributed by atoms with Gasteiger partial charge in [-0.05, 0) is 29.6 Å². The third kappa shape index (κ3) is 3.86. The molecule has 2 unspecified atom stereocenters. The molecule has 0 aliphatic carbocycles. The Bertz CT molecular complexity index is 442. The molecule has 0 spiro atoms. The monoisotopic (exact) mass is 262 g/mol. The summed E-state index contributed by atoms with van der Waals surface area (Å²) >= 11 is 0. The lowest BCUT2D eigenvalue weighted by atomic mass is 10.0. The first kappa shape index (κ1) is 13.7. The van der Waals surface area contributed by atoms with Crippen LogP contribution in [-0.4, -0.2) is 32.4 Å². The molecule has 102 valence electrons. The van der Waals surface area contributed by atoms with Crippen molar-refractivity contribution in [2.45, 2.75) is 25.0 Å². The SMILES string of the molecule is COc1ccc(CNC2CCOCC2N=[N+]=[N-])cc1. The van der Waals surface area contributed by atoms with Crippen LogP contribution in [0.15, 0.2) is 29.4 Å². The minimum absolute atomic E-state index is 0.128. The van der Waals surface area contributed by atoms with E-state index in [1.165, 1.54) is 5.56 Å². The van der Waals surface area contributed by atoms with Gasteiger partial charge < -0.3 is 14.8 Å². The van der Waals surface area contributed by atoms with E-state index in [0.29, 0.717) is 13.2 Å². The number of methoxy groups -OCH3 is 1. The van der Waals surface area contributed by atoms with Crippen LogP contribution in [0.3, 0.4) is 0 Å². The van der Waals surface area contributed by atoms with E-state index in [-0.39, 0.29) is 12.1 Å². The largest absolute Gasteiger partial charge is 0.497 e. The molecule has 0 aromatic heterocycles. The van der Waals surface area contributed by atoms with Crippen molar-refractivity contribution in [3.05, 3.63) is 40.3 Å². The first-order chi connectivity index (χ1) is 9.33. The number of nitrogens with one attached hydrogen (secondary N) is 1. The van der Waals surface area contributed by atoms with Gasteiger partial charge in [0.25, 0.3) is 0 Å². The van der Waals surface area contributed by atoms with Gasteiger partial charge in [-0.1, -0.05) is 17.2 Å². The Morgan fingerprint density at radius 3 is 2.95 bits per heavy atom. The fraction of sp³-hybridized carbons (Fsp3) is 0.538. The van der Waals surface area contributed by atoms with Crippen LogP contribution in [0.5, 0.6) is 5.75 Å². The number of azide groups is 1. The lowest BCUT2D eigenvalue weighted by Gasteiger charge is -2.29. The van der Waals surface area contributed by atoms with E-state index in [0.717, 1.165) is 18.7 Å². The summed E-state index contributed by atoms with van der Waals surface area (Å²) in [6.45, 7) is 1.94. The number of benzene rings is 1. The number of hydrogen-bond donors (Lipinski definition) is 1. The lowest BCUT2D eigenvalue weighted by Crippen LogP contribution is -2.44. The highest BCUT2D eigenvalue weighted by molar-refractivity contribution is 5.27. The van der Waals surface area contributed by atoms with Crippen molar-refractivity contribution in [3.8, 4) is 5.75 Å². The number of ether oxygens (including phenoxy) is 2. The Hall–Kier alpha value is -1.75. The molecule has 0 bridgehead atoms. The standard InChI is InChI=1S/C13H18N4O2/c1-18-11-4-2-10(3-5-11)8-15-12-6-7-19-9-13(12)16-17-14/h2-5,12-13,15H,6-9H2,1H3. The van der Waals surface area contributed by atoms with Crippen molar-refractivity contribution in [3.63, 3.8) is 0 Å². The van der Waals surface area contributed by atoms with E-state index >= 15 is 0 Å². The normalized spacial score (nSPS) is 22.6. The van der Waals surface area contributed by atoms with Gasteiger partial charge in [-0.25, -0.2) is 0 Å². The van der Waals surface area contributed by atoms with Crippen molar-refractivity contribution < 1.29 is 9.47 Å². The molecule has 1 saturated heterocycles. The van der Waals surface area contributed by atoms with Gasteiger partial charge in [-0.3, -0.25) is 0 Å². The zero-order valence-corrected chi connectivity index (χ0v) is 11.0. The quantitative estimate of drug-likeness (QED) is 0.502. The van der Waals surface area contributed by atoms with Crippen LogP contribution in [0.4, 0.5) is 0 Å². The van der Waals surface area contributed by atoms with Crippen molar-refractivity contribution in [2.24, 2.45) is 5.11 Å². The smallest absolute Gasteiger partial charge is 0.118 e. The van der Waals surface area contributed by atoms with Gasteiger partial charge in [-0.15, -0.1) is 0 Å². The van der Waals surface area contributed by atoms with E-state index in [9.17, 15) is 0 Å². The summed E-state index contributed by atoms with van der Waals surface area (Å²) in [6.07, 6.45) is 0.861. The Kier molecular flexibility index (Phi) is 5.03. The van der Waals surface area contributed by atoms with Crippen LogP contribution >= 0.6 is 0 Å². The van der Waals surface area contributed by atoms with Gasteiger partial charge in [0.1, 0.15) is 5.75 Å². The van der Waals surface area contributed by atoms with Crippen LogP contribution in [-0.2, 0) is 11.3 Å². The summed E-state index contributed by atoms with van der Waals surface area (Å²) < 4.78 is 10.4. The van der Waals surface area contributed by atoms with Crippen LogP contribution < -0.4 is 10.1 Å². The Morgan fingerprint density at radius 1 is 1.47 bits per heavy atom. The molecule has 1 N–H and O–H groups in total. The third-order valence-electron chi connectivity index (χ3n) is 3.25. The van der Waals surface area contributed by atoms with E-state index in [1.807, 2.05) is 24.3 Å². The third-order valence-corrected chi connectivity index (χ3v) is 3.25. The first-order valence-corrected chi connectivity index (χ1v) is 6.31. The topological polar surface area (TPSA) is 79.2 Å². The van der Waals surface area contributed by atoms with Gasteiger partial charge in [0.2, 0.25) is 0 Å². The highest BCUT2D eigenvalue weighted by atomic mass is 16.5. The van der Waals surface area contributed by atoms with Gasteiger partial charge in [-0.2, -0.15) is 0 Å². The second kappa shape index (κ2) is 6.99. The molecule has 0 radical (unpaired) electrons. The van der Waals surface area contributed by atoms with Gasteiger partial charge in [0.15, 0.2) is 0 Å². The average Bonchev–Trinajstić information content (AvgIpc) is 2.47. The maximum atomic E-state index is 8.54. The molecule has 1 aromatic rings. The summed E-state index contributed by atoms with van der Waals surface area (Å²) in [6, 6.07) is 7.96. The lowest BCUT2D eigenvalue weighted by molar-refractivity contribution is 0.0616. The molecular weight excluding hydrogens is 244 g/mol. The Labute approximate surface area is 112 Å². The molecule has 19 heavy (non-hydrogen) atoms. The molecule has 1 fully saturated rings. The second-order valence-electron chi connectivity index (χ2n) is 4.47. The second-order valence-corrected chi connectivity index (χ2v) is 4.47. The fourth-order valence-corrected chi connectivity index (χ4v) is 2.13. The number of rotatable bonds is 5. The summed E-state index contributed by atoms with van der Waals surface area (Å²) in [5, 5.41) is 7.20.